The number of nitrogens with zero attached hydrogens (tertiary/aromatic N) is 2. The zero-order valence-corrected chi connectivity index (χ0v) is 18.6. The minimum Gasteiger partial charge on any atom is -0.370 e. The van der Waals surface area contributed by atoms with Crippen molar-refractivity contribution in [3.05, 3.63) is 95.7 Å². The molecule has 0 atom stereocenters. The highest BCUT2D eigenvalue weighted by Gasteiger charge is 2.23. The molecule has 32 heavy (non-hydrogen) atoms. The fourth-order valence-corrected chi connectivity index (χ4v) is 4.81. The first kappa shape index (κ1) is 20.8. The number of H-pyrrole nitrogens is 1. The number of likely N-dealkylation sites (tertiary alicyclic amines) is 1. The Bertz CT molecular complexity index is 1110. The van der Waals surface area contributed by atoms with Crippen LogP contribution in [0.4, 0.5) is 5.82 Å². The summed E-state index contributed by atoms with van der Waals surface area (Å²) in [5.41, 5.74) is 6.44. The van der Waals surface area contributed by atoms with Gasteiger partial charge in [0.15, 0.2) is 0 Å². The molecule has 1 saturated heterocycles. The number of fused-ring (bicyclic) bond motifs is 1. The Morgan fingerprint density at radius 3 is 2.25 bits per heavy atom. The van der Waals surface area contributed by atoms with Gasteiger partial charge in [0.25, 0.3) is 0 Å². The van der Waals surface area contributed by atoms with Crippen molar-refractivity contribution in [2.75, 3.05) is 31.5 Å². The van der Waals surface area contributed by atoms with E-state index in [2.05, 4.69) is 94.2 Å². The molecule has 0 spiro atoms. The van der Waals surface area contributed by atoms with Crippen molar-refractivity contribution in [2.24, 2.45) is 0 Å². The van der Waals surface area contributed by atoms with E-state index < -0.39 is 0 Å². The van der Waals surface area contributed by atoms with E-state index in [1.54, 1.807) is 0 Å². The summed E-state index contributed by atoms with van der Waals surface area (Å²) in [6, 6.07) is 25.7. The molecule has 3 heterocycles. The van der Waals surface area contributed by atoms with Crippen LogP contribution in [-0.2, 0) is 12.8 Å². The summed E-state index contributed by atoms with van der Waals surface area (Å²) in [6.45, 7) is 4.37. The quantitative estimate of drug-likeness (QED) is 0.385. The van der Waals surface area contributed by atoms with Gasteiger partial charge in [-0.1, -0.05) is 60.7 Å². The van der Waals surface area contributed by atoms with Crippen molar-refractivity contribution < 1.29 is 0 Å². The van der Waals surface area contributed by atoms with Crippen LogP contribution in [-0.4, -0.2) is 41.0 Å². The van der Waals surface area contributed by atoms with Crippen LogP contribution in [0.1, 0.15) is 35.4 Å². The fourth-order valence-electron chi connectivity index (χ4n) is 4.81. The highest BCUT2D eigenvalue weighted by atomic mass is 15.1. The van der Waals surface area contributed by atoms with Gasteiger partial charge >= 0.3 is 0 Å². The molecule has 1 fully saturated rings. The minimum absolute atomic E-state index is 0.587. The van der Waals surface area contributed by atoms with Crippen LogP contribution in [0.2, 0.25) is 0 Å². The van der Waals surface area contributed by atoms with Crippen molar-refractivity contribution in [1.29, 1.82) is 0 Å². The molecule has 0 unspecified atom stereocenters. The second kappa shape index (κ2) is 10.0. The molecule has 164 valence electrons. The molecule has 0 saturated carbocycles. The van der Waals surface area contributed by atoms with Crippen molar-refractivity contribution in [3.63, 3.8) is 0 Å². The number of nitrogens with one attached hydrogen (secondary N) is 2. The first-order valence-electron chi connectivity index (χ1n) is 11.9. The normalized spacial score (nSPS) is 15.2. The summed E-state index contributed by atoms with van der Waals surface area (Å²) in [4.78, 5) is 11.0. The zero-order valence-electron chi connectivity index (χ0n) is 18.6. The van der Waals surface area contributed by atoms with E-state index in [0.29, 0.717) is 5.92 Å². The lowest BCUT2D eigenvalue weighted by Crippen LogP contribution is -2.34. The Hall–Kier alpha value is -3.11. The summed E-state index contributed by atoms with van der Waals surface area (Å²) in [5.74, 6) is 1.55. The summed E-state index contributed by atoms with van der Waals surface area (Å²) < 4.78 is 0. The molecule has 0 bridgehead atoms. The largest absolute Gasteiger partial charge is 0.370 e. The van der Waals surface area contributed by atoms with E-state index in [-0.39, 0.29) is 0 Å². The van der Waals surface area contributed by atoms with Gasteiger partial charge in [-0.15, -0.1) is 0 Å². The Morgan fingerprint density at radius 2 is 1.53 bits per heavy atom. The molecule has 1 aliphatic rings. The Balaban J connectivity index is 1.18. The number of piperidine rings is 1. The van der Waals surface area contributed by atoms with Gasteiger partial charge in [0.1, 0.15) is 5.82 Å². The summed E-state index contributed by atoms with van der Waals surface area (Å²) in [6.07, 6.45) is 6.74. The topological polar surface area (TPSA) is 44.0 Å². The lowest BCUT2D eigenvalue weighted by Gasteiger charge is -2.31. The van der Waals surface area contributed by atoms with E-state index in [9.17, 15) is 0 Å². The molecule has 1 aliphatic heterocycles. The fraction of sp³-hybridized carbons (Fsp3) is 0.321. The molecular weight excluding hydrogens is 392 g/mol. The van der Waals surface area contributed by atoms with E-state index in [1.807, 2.05) is 0 Å². The average Bonchev–Trinajstić information content (AvgIpc) is 3.28. The molecule has 5 rings (SSSR count). The first-order chi connectivity index (χ1) is 15.8. The number of hydrogen-bond acceptors (Lipinski definition) is 3. The van der Waals surface area contributed by atoms with E-state index in [0.717, 1.165) is 42.8 Å². The SMILES string of the molecule is c1ccc(CCNc2ccc3[nH]cc(C4CCN(CCc5ccccc5)CC4)c3n2)cc1. The minimum atomic E-state index is 0.587. The first-order valence-corrected chi connectivity index (χ1v) is 11.9. The lowest BCUT2D eigenvalue weighted by molar-refractivity contribution is 0.215. The van der Waals surface area contributed by atoms with Crippen LogP contribution < -0.4 is 5.32 Å². The molecule has 4 aromatic rings. The van der Waals surface area contributed by atoms with Crippen LogP contribution >= 0.6 is 0 Å². The number of aromatic nitrogens is 2. The van der Waals surface area contributed by atoms with Gasteiger partial charge in [-0.2, -0.15) is 0 Å². The van der Waals surface area contributed by atoms with Crippen LogP contribution in [0, 0.1) is 0 Å². The average molecular weight is 425 g/mol. The molecule has 4 heteroatoms. The zero-order chi connectivity index (χ0) is 21.6. The van der Waals surface area contributed by atoms with Crippen LogP contribution in [0.25, 0.3) is 11.0 Å². The maximum absolute atomic E-state index is 4.98. The molecule has 2 aromatic heterocycles. The number of pyridine rings is 1. The van der Waals surface area contributed by atoms with Crippen molar-refractivity contribution >= 4 is 16.9 Å². The Labute approximate surface area is 190 Å². The van der Waals surface area contributed by atoms with Crippen molar-refractivity contribution in [3.8, 4) is 0 Å². The maximum atomic E-state index is 4.98. The van der Waals surface area contributed by atoms with Gasteiger partial charge < -0.3 is 15.2 Å². The van der Waals surface area contributed by atoms with Crippen LogP contribution in [0.5, 0.6) is 0 Å². The van der Waals surface area contributed by atoms with Crippen molar-refractivity contribution in [2.45, 2.75) is 31.6 Å². The summed E-state index contributed by atoms with van der Waals surface area (Å²) in [5, 5.41) is 3.51. The molecule has 2 N–H and O–H groups in total. The molecule has 0 aliphatic carbocycles. The molecular formula is C28H32N4. The Morgan fingerprint density at radius 1 is 0.844 bits per heavy atom. The monoisotopic (exact) mass is 424 g/mol. The number of hydrogen-bond donors (Lipinski definition) is 2. The van der Waals surface area contributed by atoms with Gasteiger partial charge in [-0.25, -0.2) is 4.98 Å². The predicted molar refractivity (Wildman–Crippen MR) is 133 cm³/mol. The van der Waals surface area contributed by atoms with Gasteiger partial charge in [-0.05, 0) is 73.5 Å². The maximum Gasteiger partial charge on any atom is 0.126 e. The van der Waals surface area contributed by atoms with E-state index in [4.69, 9.17) is 4.98 Å². The smallest absolute Gasteiger partial charge is 0.126 e. The van der Waals surface area contributed by atoms with Gasteiger partial charge in [-0.3, -0.25) is 0 Å². The second-order valence-electron chi connectivity index (χ2n) is 8.85. The molecule has 4 nitrogen and oxygen atoms in total. The third-order valence-corrected chi connectivity index (χ3v) is 6.70. The van der Waals surface area contributed by atoms with E-state index >= 15 is 0 Å². The lowest BCUT2D eigenvalue weighted by atomic mass is 9.90. The third kappa shape index (κ3) is 5.03. The number of rotatable bonds is 8. The third-order valence-electron chi connectivity index (χ3n) is 6.70. The molecule has 0 amide bonds. The molecule has 0 radical (unpaired) electrons. The van der Waals surface area contributed by atoms with Crippen molar-refractivity contribution in [1.82, 2.24) is 14.9 Å². The number of anilines is 1. The second-order valence-corrected chi connectivity index (χ2v) is 8.85. The predicted octanol–water partition coefficient (Wildman–Crippen LogP) is 5.64. The number of benzene rings is 2. The number of aromatic amines is 1. The summed E-state index contributed by atoms with van der Waals surface area (Å²) >= 11 is 0. The van der Waals surface area contributed by atoms with Gasteiger partial charge in [0.05, 0.1) is 11.0 Å². The summed E-state index contributed by atoms with van der Waals surface area (Å²) in [7, 11) is 0. The van der Waals surface area contributed by atoms with Crippen LogP contribution in [0.3, 0.4) is 0 Å². The standard InChI is InChI=1S/C28H32N4/c1-3-7-22(8-4-1)13-17-29-27-12-11-26-28(31-27)25(21-30-26)24-15-19-32(20-16-24)18-14-23-9-5-2-6-10-23/h1-12,21,24,30H,13-20H2,(H,29,31). The van der Waals surface area contributed by atoms with Crippen LogP contribution in [0.15, 0.2) is 79.0 Å². The Kier molecular flexibility index (Phi) is 6.50. The highest BCUT2D eigenvalue weighted by molar-refractivity contribution is 5.81. The van der Waals surface area contributed by atoms with Gasteiger partial charge in [0.2, 0.25) is 0 Å². The molecule has 2 aromatic carbocycles. The van der Waals surface area contributed by atoms with Gasteiger partial charge in [0, 0.05) is 19.3 Å². The van der Waals surface area contributed by atoms with E-state index in [1.165, 1.54) is 42.6 Å². The highest BCUT2D eigenvalue weighted by Crippen LogP contribution is 2.33.